The number of halogens is 1. The van der Waals surface area contributed by atoms with E-state index in [9.17, 15) is 9.18 Å². The fraction of sp³-hybridized carbons (Fsp3) is 0.500. The number of nitrogens with one attached hydrogen (secondary N) is 1. The van der Waals surface area contributed by atoms with Crippen molar-refractivity contribution in [3.05, 3.63) is 59.9 Å². The lowest BCUT2D eigenvalue weighted by Gasteiger charge is -2.36. The molecule has 0 aliphatic carbocycles. The molecule has 4 rings (SSSR count). The molecule has 2 saturated heterocycles. The zero-order valence-corrected chi connectivity index (χ0v) is 18.8. The van der Waals surface area contributed by atoms with E-state index in [1.165, 1.54) is 25.0 Å². The molecule has 6 heteroatoms. The molecule has 1 atom stereocenters. The number of hydrogen-bond donors (Lipinski definition) is 1. The molecule has 1 unspecified atom stereocenters. The standard InChI is InChI=1S/C26H33FN2O3/c1-20-3-2-14-29(19-20)15-18-32-24-10-8-23(9-11-24)28-25(30)26(12-16-31-17-13-26)21-4-6-22(27)7-5-21/h4-11,20H,2-3,12-19H2,1H3,(H,28,30). The number of rotatable bonds is 7. The maximum absolute atomic E-state index is 13.4. The summed E-state index contributed by atoms with van der Waals surface area (Å²) in [6.07, 6.45) is 3.72. The van der Waals surface area contributed by atoms with Crippen LogP contribution < -0.4 is 10.1 Å². The smallest absolute Gasteiger partial charge is 0.235 e. The number of anilines is 1. The van der Waals surface area contributed by atoms with Crippen molar-refractivity contribution < 1.29 is 18.7 Å². The molecule has 2 heterocycles. The van der Waals surface area contributed by atoms with Gasteiger partial charge in [0.05, 0.1) is 5.41 Å². The molecule has 0 aromatic heterocycles. The van der Waals surface area contributed by atoms with Crippen molar-refractivity contribution in [1.82, 2.24) is 4.90 Å². The summed E-state index contributed by atoms with van der Waals surface area (Å²) < 4.78 is 24.8. The summed E-state index contributed by atoms with van der Waals surface area (Å²) in [5.74, 6) is 1.18. The Balaban J connectivity index is 1.35. The van der Waals surface area contributed by atoms with Gasteiger partial charge in [-0.05, 0) is 80.1 Å². The average molecular weight is 441 g/mol. The van der Waals surface area contributed by atoms with Crippen LogP contribution in [0.4, 0.5) is 10.1 Å². The molecular formula is C26H33FN2O3. The van der Waals surface area contributed by atoms with Gasteiger partial charge in [0, 0.05) is 32.0 Å². The van der Waals surface area contributed by atoms with E-state index in [1.54, 1.807) is 12.1 Å². The van der Waals surface area contributed by atoms with Gasteiger partial charge in [0.1, 0.15) is 18.2 Å². The maximum Gasteiger partial charge on any atom is 0.235 e. The van der Waals surface area contributed by atoms with Crippen LogP contribution in [0.5, 0.6) is 5.75 Å². The Morgan fingerprint density at radius 2 is 1.88 bits per heavy atom. The molecule has 32 heavy (non-hydrogen) atoms. The van der Waals surface area contributed by atoms with Gasteiger partial charge in [0.2, 0.25) is 5.91 Å². The normalized spacial score (nSPS) is 21.1. The maximum atomic E-state index is 13.4. The SMILES string of the molecule is CC1CCCN(CCOc2ccc(NC(=O)C3(c4ccc(F)cc4)CCOCC3)cc2)C1. The molecule has 0 radical (unpaired) electrons. The number of carbonyl (C=O) groups excluding carboxylic acids is 1. The summed E-state index contributed by atoms with van der Waals surface area (Å²) in [7, 11) is 0. The van der Waals surface area contributed by atoms with Gasteiger partial charge >= 0.3 is 0 Å². The van der Waals surface area contributed by atoms with Crippen molar-refractivity contribution in [1.29, 1.82) is 0 Å². The van der Waals surface area contributed by atoms with Gasteiger partial charge < -0.3 is 14.8 Å². The number of nitrogens with zero attached hydrogens (tertiary/aromatic N) is 1. The van der Waals surface area contributed by atoms with E-state index in [2.05, 4.69) is 17.1 Å². The predicted octanol–water partition coefficient (Wildman–Crippen LogP) is 4.62. The molecule has 2 aliphatic heterocycles. The van der Waals surface area contributed by atoms with Crippen LogP contribution in [0.1, 0.15) is 38.2 Å². The Kier molecular flexibility index (Phi) is 7.43. The summed E-state index contributed by atoms with van der Waals surface area (Å²) in [5, 5.41) is 3.05. The van der Waals surface area contributed by atoms with Gasteiger partial charge in [-0.3, -0.25) is 9.69 Å². The third kappa shape index (κ3) is 5.48. The molecule has 2 aliphatic rings. The van der Waals surface area contributed by atoms with Gasteiger partial charge in [-0.15, -0.1) is 0 Å². The third-order valence-corrected chi connectivity index (χ3v) is 6.71. The second-order valence-corrected chi connectivity index (χ2v) is 9.08. The minimum Gasteiger partial charge on any atom is -0.492 e. The predicted molar refractivity (Wildman–Crippen MR) is 124 cm³/mol. The van der Waals surface area contributed by atoms with Crippen LogP contribution in [0.15, 0.2) is 48.5 Å². The summed E-state index contributed by atoms with van der Waals surface area (Å²) in [6.45, 7) is 7.22. The number of hydrogen-bond acceptors (Lipinski definition) is 4. The molecule has 172 valence electrons. The van der Waals surface area contributed by atoms with Gasteiger partial charge in [-0.1, -0.05) is 19.1 Å². The van der Waals surface area contributed by atoms with E-state index in [4.69, 9.17) is 9.47 Å². The quantitative estimate of drug-likeness (QED) is 0.682. The molecule has 0 saturated carbocycles. The van der Waals surface area contributed by atoms with E-state index in [0.29, 0.717) is 32.7 Å². The number of amides is 1. The largest absolute Gasteiger partial charge is 0.492 e. The number of carbonyl (C=O) groups is 1. The molecule has 0 bridgehead atoms. The van der Waals surface area contributed by atoms with Crippen molar-refractivity contribution in [3.63, 3.8) is 0 Å². The van der Waals surface area contributed by atoms with Crippen LogP contribution >= 0.6 is 0 Å². The van der Waals surface area contributed by atoms with Gasteiger partial charge in [-0.2, -0.15) is 0 Å². The Labute approximate surface area is 189 Å². The number of ether oxygens (including phenoxy) is 2. The minimum atomic E-state index is -0.716. The first kappa shape index (κ1) is 22.7. The minimum absolute atomic E-state index is 0.0831. The first-order chi connectivity index (χ1) is 15.5. The molecule has 2 fully saturated rings. The third-order valence-electron chi connectivity index (χ3n) is 6.71. The second kappa shape index (κ2) is 10.5. The van der Waals surface area contributed by atoms with Crippen molar-refractivity contribution >= 4 is 11.6 Å². The van der Waals surface area contributed by atoms with E-state index in [0.717, 1.165) is 42.6 Å². The monoisotopic (exact) mass is 440 g/mol. The van der Waals surface area contributed by atoms with Gasteiger partial charge in [0.25, 0.3) is 0 Å². The zero-order valence-electron chi connectivity index (χ0n) is 18.8. The fourth-order valence-corrected chi connectivity index (χ4v) is 4.80. The highest BCUT2D eigenvalue weighted by atomic mass is 19.1. The van der Waals surface area contributed by atoms with Crippen LogP contribution in [0.2, 0.25) is 0 Å². The van der Waals surface area contributed by atoms with Crippen LogP contribution in [-0.4, -0.2) is 50.3 Å². The van der Waals surface area contributed by atoms with Crippen molar-refractivity contribution in [2.24, 2.45) is 5.92 Å². The first-order valence-electron chi connectivity index (χ1n) is 11.7. The zero-order chi connectivity index (χ0) is 22.4. The lowest BCUT2D eigenvalue weighted by atomic mass is 9.73. The van der Waals surface area contributed by atoms with Crippen LogP contribution in [0.25, 0.3) is 0 Å². The van der Waals surface area contributed by atoms with E-state index in [-0.39, 0.29) is 11.7 Å². The summed E-state index contributed by atoms with van der Waals surface area (Å²) in [6, 6.07) is 13.8. The van der Waals surface area contributed by atoms with Crippen molar-refractivity contribution in [2.75, 3.05) is 44.8 Å². The van der Waals surface area contributed by atoms with Crippen molar-refractivity contribution in [3.8, 4) is 5.75 Å². The lowest BCUT2D eigenvalue weighted by Crippen LogP contribution is -2.44. The Morgan fingerprint density at radius 3 is 2.56 bits per heavy atom. The van der Waals surface area contributed by atoms with Gasteiger partial charge in [0.15, 0.2) is 0 Å². The average Bonchev–Trinajstić information content (AvgIpc) is 2.81. The van der Waals surface area contributed by atoms with Gasteiger partial charge in [-0.25, -0.2) is 4.39 Å². The lowest BCUT2D eigenvalue weighted by molar-refractivity contribution is -0.125. The summed E-state index contributed by atoms with van der Waals surface area (Å²) in [4.78, 5) is 15.8. The van der Waals surface area contributed by atoms with E-state index >= 15 is 0 Å². The number of likely N-dealkylation sites (tertiary alicyclic amines) is 1. The van der Waals surface area contributed by atoms with E-state index in [1.807, 2.05) is 24.3 Å². The first-order valence-corrected chi connectivity index (χ1v) is 11.7. The molecule has 1 N–H and O–H groups in total. The highest BCUT2D eigenvalue weighted by Crippen LogP contribution is 2.36. The van der Waals surface area contributed by atoms with Crippen LogP contribution in [0.3, 0.4) is 0 Å². The highest BCUT2D eigenvalue weighted by Gasteiger charge is 2.41. The molecule has 0 spiro atoms. The Hall–Kier alpha value is -2.44. The van der Waals surface area contributed by atoms with Crippen LogP contribution in [-0.2, 0) is 14.9 Å². The summed E-state index contributed by atoms with van der Waals surface area (Å²) in [5.41, 5.74) is 0.832. The van der Waals surface area contributed by atoms with E-state index < -0.39 is 5.41 Å². The van der Waals surface area contributed by atoms with Crippen molar-refractivity contribution in [2.45, 2.75) is 38.0 Å². The molecule has 5 nitrogen and oxygen atoms in total. The molecule has 2 aromatic rings. The topological polar surface area (TPSA) is 50.8 Å². The Morgan fingerprint density at radius 1 is 1.16 bits per heavy atom. The molecule has 1 amide bonds. The number of piperidine rings is 1. The second-order valence-electron chi connectivity index (χ2n) is 9.08. The van der Waals surface area contributed by atoms with Crippen LogP contribution in [0, 0.1) is 11.7 Å². The highest BCUT2D eigenvalue weighted by molar-refractivity contribution is 5.99. The molecule has 2 aromatic carbocycles. The fourth-order valence-electron chi connectivity index (χ4n) is 4.80. The molecular weight excluding hydrogens is 407 g/mol. The Bertz CT molecular complexity index is 879. The number of benzene rings is 2. The summed E-state index contributed by atoms with van der Waals surface area (Å²) >= 11 is 0.